The second-order valence-electron chi connectivity index (χ2n) is 35.7. The maximum Gasteiger partial charge on any atom is 0.163 e. The van der Waals surface area contributed by atoms with Crippen molar-refractivity contribution in [2.75, 3.05) is 95.1 Å². The summed E-state index contributed by atoms with van der Waals surface area (Å²) in [5.74, 6) is 6.12. The first-order chi connectivity index (χ1) is 72.9. The monoisotopic (exact) mass is 2280 g/mol. The Morgan fingerprint density at radius 1 is 0.367 bits per heavy atom. The molecule has 2 aliphatic rings. The minimum atomic E-state index is -1.16. The van der Waals surface area contributed by atoms with Crippen LogP contribution in [0, 0.1) is 13.8 Å². The van der Waals surface area contributed by atoms with Crippen molar-refractivity contribution < 1.29 is 30.0 Å². The Morgan fingerprint density at radius 2 is 0.767 bits per heavy atom. The van der Waals surface area contributed by atoms with Gasteiger partial charge in [0.2, 0.25) is 0 Å². The second-order valence-corrected chi connectivity index (χ2v) is 56.0. The van der Waals surface area contributed by atoms with Gasteiger partial charge in [-0.25, -0.2) is 54.8 Å². The Kier molecular flexibility index (Phi) is 38.3. The van der Waals surface area contributed by atoms with E-state index in [1.165, 1.54) is 87.3 Å². The van der Waals surface area contributed by atoms with Gasteiger partial charge in [-0.3, -0.25) is 35.2 Å². The number of aryl methyl sites for hydroxylation is 2. The summed E-state index contributed by atoms with van der Waals surface area (Å²) in [6.45, 7) is 25.4. The fourth-order valence-electron chi connectivity index (χ4n) is 16.7. The molecule has 0 spiro atoms. The molecule has 0 aliphatic carbocycles. The van der Waals surface area contributed by atoms with Crippen molar-refractivity contribution in [1.82, 2.24) is 64.8 Å². The molecule has 6 atom stereocenters. The van der Waals surface area contributed by atoms with Crippen molar-refractivity contribution >= 4 is 263 Å². The molecule has 0 bridgehead atoms. The highest BCUT2D eigenvalue weighted by Gasteiger charge is 2.30. The molecule has 150 heavy (non-hydrogen) atoms. The predicted octanol–water partition coefficient (Wildman–Crippen LogP) is 27.1. The molecular formula is C109H115N19O7S15. The number of nitrogens with two attached hydrogens (primary N) is 4. The molecule has 778 valence electrons. The van der Waals surface area contributed by atoms with E-state index < -0.39 is 64.8 Å². The summed E-state index contributed by atoms with van der Waals surface area (Å²) in [5.41, 5.74) is 40.0. The minimum Gasteiger partial charge on any atom is -0.396 e. The van der Waals surface area contributed by atoms with Gasteiger partial charge in [0.05, 0.1) is 120 Å². The number of piperidine rings is 1. The van der Waals surface area contributed by atoms with Crippen LogP contribution in [0.2, 0.25) is 0 Å². The number of morpholine rings is 1. The highest BCUT2D eigenvalue weighted by Crippen LogP contribution is 2.48. The summed E-state index contributed by atoms with van der Waals surface area (Å²) in [7, 11) is -6.32. The quantitative estimate of drug-likeness (QED) is 0.0338. The molecule has 6 unspecified atom stereocenters. The number of thiophene rings is 6. The van der Waals surface area contributed by atoms with Gasteiger partial charge in [0.1, 0.15) is 89.6 Å². The number of unbranched alkanes of at least 4 members (excludes halogenated alkanes) is 3. The molecule has 2 aliphatic heterocycles. The van der Waals surface area contributed by atoms with E-state index in [4.69, 9.17) is 62.6 Å². The van der Waals surface area contributed by atoms with Gasteiger partial charge < -0.3 is 37.5 Å². The van der Waals surface area contributed by atoms with Crippen molar-refractivity contribution in [2.45, 2.75) is 169 Å². The van der Waals surface area contributed by atoms with Crippen LogP contribution in [-0.4, -0.2) is 163 Å². The molecule has 2 fully saturated rings. The van der Waals surface area contributed by atoms with Gasteiger partial charge in [-0.2, -0.15) is 0 Å². The first-order valence-corrected chi connectivity index (χ1v) is 64.7. The van der Waals surface area contributed by atoms with Crippen LogP contribution in [0.5, 0.6) is 0 Å². The van der Waals surface area contributed by atoms with Gasteiger partial charge in [0, 0.05) is 174 Å². The van der Waals surface area contributed by atoms with Crippen LogP contribution in [0.1, 0.15) is 131 Å². The summed E-state index contributed by atoms with van der Waals surface area (Å²) in [4.78, 5) is 69.7. The van der Waals surface area contributed by atoms with Gasteiger partial charge >= 0.3 is 0 Å². The molecule has 41 heteroatoms. The molecule has 0 amide bonds. The Morgan fingerprint density at radius 3 is 1.22 bits per heavy atom. The zero-order valence-electron chi connectivity index (χ0n) is 84.5. The van der Waals surface area contributed by atoms with E-state index in [9.17, 15) is 25.3 Å². The summed E-state index contributed by atoms with van der Waals surface area (Å²) >= 11 is 13.4. The van der Waals surface area contributed by atoms with E-state index >= 15 is 0 Å². The van der Waals surface area contributed by atoms with Gasteiger partial charge in [0.15, 0.2) is 11.6 Å². The van der Waals surface area contributed by atoms with Crippen LogP contribution < -0.4 is 32.7 Å². The lowest BCUT2D eigenvalue weighted by atomic mass is 10.0. The molecule has 8 N–H and O–H groups in total. The van der Waals surface area contributed by atoms with E-state index in [1.54, 1.807) is 71.2 Å². The van der Waals surface area contributed by atoms with Crippen LogP contribution in [0.4, 0.5) is 34.4 Å². The number of benzene rings is 3. The predicted molar refractivity (Wildman–Crippen MR) is 639 cm³/mol. The number of hydrogen-bond acceptors (Lipinski definition) is 35. The summed E-state index contributed by atoms with van der Waals surface area (Å²) in [6.07, 6.45) is 22.9. The Hall–Kier alpha value is -11.0. The SMILES string of the molecule is CC(C)S(=O)c1sc2nc(-c3nccs3)cc(-c3cccnc3)c2c1N.CCCCS(=O)c1cc2c(-c3ccccc3)nc(-c3ccccc3)nc2s1.CCCCS(=O)c1cc2c(N3CCCCC3)nc(-c3ccccc3)nc2s1.CCCCS(=O)c1sc2nc(-c3nccs3)cc(-c3cccnc3)c2c1N.CCCS(=O)c1sc2nc(N3CCOCC3)cc(C)c2c1N.Cc1cc(-c2nccs2)nc2sc(S(=O)C(C)C)c(N)c12. The highest BCUT2D eigenvalue weighted by molar-refractivity contribution is 7.89. The number of rotatable bonds is 29. The van der Waals surface area contributed by atoms with Gasteiger partial charge in [-0.15, -0.1) is 102 Å². The first kappa shape index (κ1) is 110. The van der Waals surface area contributed by atoms with Crippen LogP contribution >= 0.6 is 102 Å². The molecule has 17 aromatic heterocycles. The fraction of sp³-hybridized carbons (Fsp3) is 0.294. The fourth-order valence-corrected chi connectivity index (χ4v) is 34.7. The molecule has 20 aromatic rings. The number of aromatic nitrogens is 13. The number of hydrogen-bond donors (Lipinski definition) is 4. The lowest BCUT2D eigenvalue weighted by molar-refractivity contribution is 0.122. The maximum absolute atomic E-state index is 12.7. The normalized spacial score (nSPS) is 13.9. The molecule has 26 nitrogen and oxygen atoms in total. The molecule has 0 saturated carbocycles. The van der Waals surface area contributed by atoms with Crippen LogP contribution in [0.15, 0.2) is 236 Å². The number of pyridine rings is 6. The molecule has 2 saturated heterocycles. The average molecular weight is 2280 g/mol. The van der Waals surface area contributed by atoms with Gasteiger partial charge in [-0.1, -0.05) is 178 Å². The van der Waals surface area contributed by atoms with Crippen LogP contribution in [0.25, 0.3) is 150 Å². The lowest BCUT2D eigenvalue weighted by Gasteiger charge is -2.28. The summed E-state index contributed by atoms with van der Waals surface area (Å²) in [6, 6.07) is 50.2. The number of anilines is 6. The van der Waals surface area contributed by atoms with Crippen molar-refractivity contribution in [3.05, 3.63) is 222 Å². The number of fused-ring (bicyclic) bond motifs is 6. The maximum atomic E-state index is 12.7. The summed E-state index contributed by atoms with van der Waals surface area (Å²) in [5, 5.41) is 14.0. The number of nitrogen functional groups attached to an aromatic ring is 4. The second kappa shape index (κ2) is 52.1. The zero-order chi connectivity index (χ0) is 105. The van der Waals surface area contributed by atoms with E-state index in [-0.39, 0.29) is 10.5 Å². The lowest BCUT2D eigenvalue weighted by Crippen LogP contribution is -2.36. The Bertz CT molecular complexity index is 8160. The zero-order valence-corrected chi connectivity index (χ0v) is 96.8. The Balaban J connectivity index is 0.000000123. The molecule has 19 heterocycles. The van der Waals surface area contributed by atoms with Crippen LogP contribution in [0.3, 0.4) is 0 Å². The number of thiazole rings is 3. The average Bonchev–Trinajstić information content (AvgIpc) is 1.49. The smallest absolute Gasteiger partial charge is 0.163 e. The third-order valence-electron chi connectivity index (χ3n) is 24.3. The highest BCUT2D eigenvalue weighted by atomic mass is 32.2. The summed E-state index contributed by atoms with van der Waals surface area (Å²) < 4.78 is 85.5. The Labute approximate surface area is 923 Å². The third-order valence-corrected chi connectivity index (χ3v) is 44.7. The van der Waals surface area contributed by atoms with Crippen molar-refractivity contribution in [3.8, 4) is 88.4 Å². The van der Waals surface area contributed by atoms with Crippen molar-refractivity contribution in [2.24, 2.45) is 0 Å². The van der Waals surface area contributed by atoms with E-state index in [1.807, 2.05) is 186 Å². The van der Waals surface area contributed by atoms with Crippen molar-refractivity contribution in [1.29, 1.82) is 0 Å². The topological polar surface area (TPSA) is 390 Å². The van der Waals surface area contributed by atoms with Gasteiger partial charge in [0.25, 0.3) is 0 Å². The van der Waals surface area contributed by atoms with Crippen LogP contribution in [-0.2, 0) is 69.5 Å². The number of nitrogens with zero attached hydrogens (tertiary/aromatic N) is 15. The minimum absolute atomic E-state index is 0.00867. The van der Waals surface area contributed by atoms with Gasteiger partial charge in [-0.05, 0) is 130 Å². The molecular weight excluding hydrogens is 2170 g/mol. The molecule has 3 aromatic carbocycles. The van der Waals surface area contributed by atoms with E-state index in [0.29, 0.717) is 54.3 Å². The van der Waals surface area contributed by atoms with E-state index in [2.05, 4.69) is 96.9 Å². The molecule has 0 radical (unpaired) electrons. The standard InChI is InChI=1S/C22H20N2OS2.C21H25N3OS2.C19H18N4OS3.C18H16N4OS3.C15H21N3O2S2.C14H15N3OS3/c1-2-3-14-27(25)19-15-18-20(16-10-6-4-7-11-16)23-21(24-22(18)26-19)17-12-8-5-9-13-17;1-2-3-14-27(25)18-15-17-20(24-12-8-5-9-13-24)22-19(23-21(17)26-18)16-10-6-4-7-11-16;1-2-3-9-27(24)19-16(20)15-13(12-5-4-6-21-11-12)10-14(23-18(15)26-19)17-22-7-8-25-17;1-10(2)26(23)18-15(19)14-12(11-4-3-5-20-9-11)8-13(22-17(14)25-18)16-21-6-7-24-16;1-3-8-22(19)15-13(16)12-10(2)9-11(17-14(12)21-15)18-4-6-20-7-5-18;1-7(2)21(18)14-11(15)10-8(3)6-9(17-13(10)20-14)12-16-4-5-19-12/h4-13,15H,2-3,14H2,1H3;4,6-7,10-11,15H,2-3,5,8-9,12-14H2,1H3;4-8,10-11H,2-3,9,20H2,1H3;3-10H,19H2,1-2H3;9H,3-8,16H2,1-2H3;4-7H,15H2,1-3H3. The largest absolute Gasteiger partial charge is 0.396 e. The van der Waals surface area contributed by atoms with E-state index in [0.717, 1.165) is 274 Å². The third kappa shape index (κ3) is 25.9. The number of ether oxygens (including phenoxy) is 1. The molecule has 22 rings (SSSR count). The first-order valence-electron chi connectivity index (χ1n) is 49.4. The van der Waals surface area contributed by atoms with Crippen molar-refractivity contribution in [3.63, 3.8) is 0 Å².